The number of benzene rings is 1. The molecular weight excluding hydrogens is 194 g/mol. The number of nitrogens with zero attached hydrogens (tertiary/aromatic N) is 2. The predicted octanol–water partition coefficient (Wildman–Crippen LogP) is 0.325. The Hall–Kier alpha value is -2.24. The van der Waals surface area contributed by atoms with E-state index in [9.17, 15) is 4.79 Å². The molecule has 0 radical (unpaired) electrons. The molecular formula is C9H9N5O. The van der Waals surface area contributed by atoms with Gasteiger partial charge in [0.15, 0.2) is 5.95 Å². The number of rotatable bonds is 0. The number of aromatic nitrogens is 4. The van der Waals surface area contributed by atoms with E-state index in [1.807, 2.05) is 12.1 Å². The van der Waals surface area contributed by atoms with Crippen LogP contribution in [-0.2, 0) is 7.05 Å². The lowest BCUT2D eigenvalue weighted by atomic mass is 10.3. The minimum Gasteiger partial charge on any atom is -0.369 e. The van der Waals surface area contributed by atoms with Gasteiger partial charge in [-0.2, -0.15) is 0 Å². The van der Waals surface area contributed by atoms with Crippen LogP contribution in [0.15, 0.2) is 16.9 Å². The van der Waals surface area contributed by atoms with Gasteiger partial charge >= 0.3 is 5.69 Å². The van der Waals surface area contributed by atoms with Crippen LogP contribution in [-0.4, -0.2) is 19.5 Å². The quantitative estimate of drug-likeness (QED) is 0.491. The maximum atomic E-state index is 11.4. The van der Waals surface area contributed by atoms with Crippen LogP contribution in [0.4, 0.5) is 5.95 Å². The van der Waals surface area contributed by atoms with Crippen LogP contribution in [0.5, 0.6) is 0 Å². The molecule has 0 spiro atoms. The molecule has 2 heterocycles. The summed E-state index contributed by atoms with van der Waals surface area (Å²) in [5, 5.41) is 0. The molecule has 0 aliphatic heterocycles. The summed E-state index contributed by atoms with van der Waals surface area (Å²) in [4.78, 5) is 21.1. The second kappa shape index (κ2) is 2.41. The first-order chi connectivity index (χ1) is 7.15. The normalized spacial score (nSPS) is 11.5. The van der Waals surface area contributed by atoms with Gasteiger partial charge in [-0.05, 0) is 12.1 Å². The second-order valence-corrected chi connectivity index (χ2v) is 3.50. The van der Waals surface area contributed by atoms with Crippen LogP contribution in [0, 0.1) is 0 Å². The van der Waals surface area contributed by atoms with Crippen molar-refractivity contribution in [2.45, 2.75) is 0 Å². The van der Waals surface area contributed by atoms with E-state index >= 15 is 0 Å². The van der Waals surface area contributed by atoms with Gasteiger partial charge in [0.1, 0.15) is 0 Å². The Morgan fingerprint density at radius 1 is 1.33 bits per heavy atom. The SMILES string of the molecule is Cn1c(=O)[nH]c2cc3[nH]c(N)nc3cc21. The van der Waals surface area contributed by atoms with Gasteiger partial charge < -0.3 is 15.7 Å². The van der Waals surface area contributed by atoms with Crippen LogP contribution in [0.25, 0.3) is 22.1 Å². The monoisotopic (exact) mass is 203 g/mol. The van der Waals surface area contributed by atoms with E-state index < -0.39 is 0 Å². The highest BCUT2D eigenvalue weighted by Crippen LogP contribution is 2.18. The number of nitrogens with one attached hydrogen (secondary N) is 2. The largest absolute Gasteiger partial charge is 0.369 e. The van der Waals surface area contributed by atoms with E-state index in [4.69, 9.17) is 5.73 Å². The van der Waals surface area contributed by atoms with Gasteiger partial charge in [-0.3, -0.25) is 4.57 Å². The number of fused-ring (bicyclic) bond motifs is 2. The summed E-state index contributed by atoms with van der Waals surface area (Å²) in [5.74, 6) is 0.377. The molecule has 0 fully saturated rings. The molecule has 0 atom stereocenters. The number of aromatic amines is 2. The minimum absolute atomic E-state index is 0.134. The Labute approximate surface area is 83.7 Å². The van der Waals surface area contributed by atoms with Crippen molar-refractivity contribution in [3.8, 4) is 0 Å². The Morgan fingerprint density at radius 3 is 2.93 bits per heavy atom. The van der Waals surface area contributed by atoms with Crippen molar-refractivity contribution in [3.05, 3.63) is 22.6 Å². The van der Waals surface area contributed by atoms with Gasteiger partial charge in [-0.25, -0.2) is 9.78 Å². The van der Waals surface area contributed by atoms with E-state index in [0.717, 1.165) is 22.1 Å². The molecule has 0 saturated carbocycles. The Balaban J connectivity index is 2.56. The molecule has 3 aromatic rings. The molecule has 0 aliphatic rings. The average Bonchev–Trinajstić information content (AvgIpc) is 2.65. The van der Waals surface area contributed by atoms with Crippen LogP contribution in [0.3, 0.4) is 0 Å². The average molecular weight is 203 g/mol. The summed E-state index contributed by atoms with van der Waals surface area (Å²) in [6, 6.07) is 3.66. The molecule has 0 unspecified atom stereocenters. The maximum Gasteiger partial charge on any atom is 0.326 e. The molecule has 1 aromatic carbocycles. The first-order valence-electron chi connectivity index (χ1n) is 4.49. The van der Waals surface area contributed by atoms with Crippen molar-refractivity contribution >= 4 is 28.0 Å². The van der Waals surface area contributed by atoms with E-state index in [1.165, 1.54) is 0 Å². The van der Waals surface area contributed by atoms with Crippen LogP contribution >= 0.6 is 0 Å². The summed E-state index contributed by atoms with van der Waals surface area (Å²) in [6.07, 6.45) is 0. The molecule has 4 N–H and O–H groups in total. The molecule has 2 aromatic heterocycles. The fraction of sp³-hybridized carbons (Fsp3) is 0.111. The zero-order chi connectivity index (χ0) is 10.6. The van der Waals surface area contributed by atoms with Gasteiger partial charge in [0.2, 0.25) is 0 Å². The number of hydrogen-bond donors (Lipinski definition) is 3. The molecule has 6 nitrogen and oxygen atoms in total. The Bertz CT molecular complexity index is 717. The third kappa shape index (κ3) is 0.983. The molecule has 6 heteroatoms. The van der Waals surface area contributed by atoms with E-state index in [-0.39, 0.29) is 5.69 Å². The van der Waals surface area contributed by atoms with E-state index in [1.54, 1.807) is 11.6 Å². The van der Waals surface area contributed by atoms with Gasteiger partial charge in [-0.15, -0.1) is 0 Å². The second-order valence-electron chi connectivity index (χ2n) is 3.50. The lowest BCUT2D eigenvalue weighted by Gasteiger charge is -1.92. The van der Waals surface area contributed by atoms with Crippen LogP contribution in [0.1, 0.15) is 0 Å². The zero-order valence-corrected chi connectivity index (χ0v) is 8.03. The standard InChI is InChI=1S/C9H9N5O/c1-14-7-3-5-4(11-8(10)12-5)2-6(7)13-9(14)15/h2-3H,1H3,(H,13,15)(H3,10,11,12). The van der Waals surface area contributed by atoms with E-state index in [2.05, 4.69) is 15.0 Å². The number of aryl methyl sites for hydroxylation is 1. The van der Waals surface area contributed by atoms with Crippen molar-refractivity contribution in [3.63, 3.8) is 0 Å². The first-order valence-corrected chi connectivity index (χ1v) is 4.49. The maximum absolute atomic E-state index is 11.4. The highest BCUT2D eigenvalue weighted by atomic mass is 16.1. The summed E-state index contributed by atoms with van der Waals surface area (Å²) in [6.45, 7) is 0. The number of nitrogen functional groups attached to an aromatic ring is 1. The minimum atomic E-state index is -0.134. The predicted molar refractivity (Wildman–Crippen MR) is 57.6 cm³/mol. The third-order valence-corrected chi connectivity index (χ3v) is 2.53. The van der Waals surface area contributed by atoms with Crippen molar-refractivity contribution in [2.75, 3.05) is 5.73 Å². The highest BCUT2D eigenvalue weighted by Gasteiger charge is 2.07. The van der Waals surface area contributed by atoms with Crippen molar-refractivity contribution in [2.24, 2.45) is 7.05 Å². The Morgan fingerprint density at radius 2 is 2.13 bits per heavy atom. The third-order valence-electron chi connectivity index (χ3n) is 2.53. The smallest absolute Gasteiger partial charge is 0.326 e. The summed E-state index contributed by atoms with van der Waals surface area (Å²) in [7, 11) is 1.71. The summed E-state index contributed by atoms with van der Waals surface area (Å²) in [5.41, 5.74) is 8.59. The van der Waals surface area contributed by atoms with Crippen LogP contribution in [0.2, 0.25) is 0 Å². The summed E-state index contributed by atoms with van der Waals surface area (Å²) >= 11 is 0. The van der Waals surface area contributed by atoms with Gasteiger partial charge in [-0.1, -0.05) is 0 Å². The van der Waals surface area contributed by atoms with Crippen molar-refractivity contribution < 1.29 is 0 Å². The van der Waals surface area contributed by atoms with Crippen molar-refractivity contribution in [1.29, 1.82) is 0 Å². The summed E-state index contributed by atoms with van der Waals surface area (Å²) < 4.78 is 1.54. The number of hydrogen-bond acceptors (Lipinski definition) is 3. The fourth-order valence-electron chi connectivity index (χ4n) is 1.75. The number of H-pyrrole nitrogens is 2. The van der Waals surface area contributed by atoms with Gasteiger partial charge in [0.25, 0.3) is 0 Å². The molecule has 0 aliphatic carbocycles. The molecule has 3 rings (SSSR count). The lowest BCUT2D eigenvalue weighted by Crippen LogP contribution is -2.11. The van der Waals surface area contributed by atoms with E-state index in [0.29, 0.717) is 5.95 Å². The van der Waals surface area contributed by atoms with Gasteiger partial charge in [0.05, 0.1) is 22.1 Å². The highest BCUT2D eigenvalue weighted by molar-refractivity contribution is 5.92. The fourth-order valence-corrected chi connectivity index (χ4v) is 1.75. The van der Waals surface area contributed by atoms with Crippen LogP contribution < -0.4 is 11.4 Å². The molecule has 0 saturated heterocycles. The Kier molecular flexibility index (Phi) is 1.30. The van der Waals surface area contributed by atoms with Crippen molar-refractivity contribution in [1.82, 2.24) is 19.5 Å². The zero-order valence-electron chi connectivity index (χ0n) is 8.03. The topological polar surface area (TPSA) is 92.5 Å². The number of anilines is 1. The number of nitrogens with two attached hydrogens (primary N) is 1. The molecule has 15 heavy (non-hydrogen) atoms. The lowest BCUT2D eigenvalue weighted by molar-refractivity contribution is 0.892. The molecule has 0 bridgehead atoms. The number of imidazole rings is 2. The molecule has 0 amide bonds. The molecule has 76 valence electrons. The first kappa shape index (κ1) is 8.10. The van der Waals surface area contributed by atoms with Gasteiger partial charge in [0, 0.05) is 7.05 Å².